The Balaban J connectivity index is 0.00000225. The minimum Gasteiger partial charge on any atom is -0.508 e. The largest absolute Gasteiger partial charge is 0.508 e. The SMILES string of the molecule is CC(C)CC(C(=O)O)n1c(-c2ccc(O)cc2)nc2ccccc21.Cl. The van der Waals surface area contributed by atoms with Crippen LogP contribution in [-0.4, -0.2) is 25.7 Å². The van der Waals surface area contributed by atoms with Crippen LogP contribution in [0, 0.1) is 5.92 Å². The van der Waals surface area contributed by atoms with E-state index in [-0.39, 0.29) is 24.1 Å². The van der Waals surface area contributed by atoms with Crippen molar-refractivity contribution in [3.63, 3.8) is 0 Å². The minimum absolute atomic E-state index is 0. The second-order valence-corrected chi connectivity index (χ2v) is 6.32. The van der Waals surface area contributed by atoms with Gasteiger partial charge in [-0.05, 0) is 48.7 Å². The van der Waals surface area contributed by atoms with Crippen LogP contribution in [0.3, 0.4) is 0 Å². The quantitative estimate of drug-likeness (QED) is 0.702. The molecular weight excluding hydrogens is 340 g/mol. The molecule has 0 saturated heterocycles. The van der Waals surface area contributed by atoms with Crippen molar-refractivity contribution in [1.82, 2.24) is 9.55 Å². The van der Waals surface area contributed by atoms with E-state index in [1.54, 1.807) is 28.8 Å². The molecule has 2 aromatic carbocycles. The number of phenolic OH excluding ortho intramolecular Hbond substituents is 1. The fourth-order valence-electron chi connectivity index (χ4n) is 2.94. The number of phenols is 1. The summed E-state index contributed by atoms with van der Waals surface area (Å²) in [5, 5.41) is 19.3. The minimum atomic E-state index is -0.869. The van der Waals surface area contributed by atoms with Gasteiger partial charge in [-0.25, -0.2) is 9.78 Å². The van der Waals surface area contributed by atoms with Crippen LogP contribution in [0.15, 0.2) is 48.5 Å². The van der Waals surface area contributed by atoms with Gasteiger partial charge in [-0.15, -0.1) is 12.4 Å². The number of carboxylic acids is 1. The number of rotatable bonds is 5. The normalized spacial score (nSPS) is 12.1. The van der Waals surface area contributed by atoms with Gasteiger partial charge in [0.05, 0.1) is 11.0 Å². The summed E-state index contributed by atoms with van der Waals surface area (Å²) in [6.07, 6.45) is 0.515. The van der Waals surface area contributed by atoms with Crippen molar-refractivity contribution < 1.29 is 15.0 Å². The highest BCUT2D eigenvalue weighted by Gasteiger charge is 2.26. The van der Waals surface area contributed by atoms with Gasteiger partial charge in [0.1, 0.15) is 17.6 Å². The molecule has 3 aromatic rings. The molecule has 0 radical (unpaired) electrons. The zero-order chi connectivity index (χ0) is 17.3. The van der Waals surface area contributed by atoms with Gasteiger partial charge < -0.3 is 14.8 Å². The second-order valence-electron chi connectivity index (χ2n) is 6.32. The van der Waals surface area contributed by atoms with Crippen LogP contribution in [0.1, 0.15) is 26.3 Å². The molecule has 132 valence electrons. The fourth-order valence-corrected chi connectivity index (χ4v) is 2.94. The first kappa shape index (κ1) is 18.8. The second kappa shape index (κ2) is 7.57. The topological polar surface area (TPSA) is 75.3 Å². The molecule has 1 aromatic heterocycles. The highest BCUT2D eigenvalue weighted by Crippen LogP contribution is 2.32. The number of aliphatic carboxylic acids is 1. The van der Waals surface area contributed by atoms with Crippen LogP contribution in [0.4, 0.5) is 0 Å². The molecular formula is C19H21ClN2O3. The van der Waals surface area contributed by atoms with Gasteiger partial charge in [0.25, 0.3) is 0 Å². The summed E-state index contributed by atoms with van der Waals surface area (Å²) in [5.74, 6) is 0.134. The van der Waals surface area contributed by atoms with Crippen LogP contribution in [0.25, 0.3) is 22.4 Å². The lowest BCUT2D eigenvalue weighted by atomic mass is 10.0. The lowest BCUT2D eigenvalue weighted by Crippen LogP contribution is -2.21. The molecule has 0 aliphatic heterocycles. The molecule has 1 unspecified atom stereocenters. The number of carbonyl (C=O) groups is 1. The number of benzene rings is 2. The molecule has 0 bridgehead atoms. The maximum absolute atomic E-state index is 11.9. The Bertz CT molecular complexity index is 872. The van der Waals surface area contributed by atoms with Crippen LogP contribution >= 0.6 is 12.4 Å². The first-order chi connectivity index (χ1) is 11.5. The van der Waals surface area contributed by atoms with Gasteiger partial charge >= 0.3 is 5.97 Å². The Labute approximate surface area is 152 Å². The molecule has 0 spiro atoms. The Morgan fingerprint density at radius 1 is 1.12 bits per heavy atom. The van der Waals surface area contributed by atoms with Gasteiger partial charge in [-0.2, -0.15) is 0 Å². The highest BCUT2D eigenvalue weighted by molar-refractivity contribution is 5.85. The zero-order valence-corrected chi connectivity index (χ0v) is 14.9. The van der Waals surface area contributed by atoms with Gasteiger partial charge in [0.2, 0.25) is 0 Å². The maximum Gasteiger partial charge on any atom is 0.326 e. The number of hydrogen-bond donors (Lipinski definition) is 2. The van der Waals surface area contributed by atoms with E-state index in [2.05, 4.69) is 4.98 Å². The number of imidazole rings is 1. The third-order valence-corrected chi connectivity index (χ3v) is 4.01. The summed E-state index contributed by atoms with van der Waals surface area (Å²) < 4.78 is 1.80. The predicted octanol–water partition coefficient (Wildman–Crippen LogP) is 4.50. The standard InChI is InChI=1S/C19H20N2O3.ClH/c1-12(2)11-17(19(23)24)21-16-6-4-3-5-15(16)20-18(21)13-7-9-14(22)10-8-13;/h3-10,12,17,22H,11H2,1-2H3,(H,23,24);1H. The number of aromatic nitrogens is 2. The lowest BCUT2D eigenvalue weighted by molar-refractivity contribution is -0.141. The number of hydrogen-bond acceptors (Lipinski definition) is 3. The third-order valence-electron chi connectivity index (χ3n) is 4.01. The molecule has 0 aliphatic rings. The first-order valence-electron chi connectivity index (χ1n) is 7.96. The van der Waals surface area contributed by atoms with Crippen molar-refractivity contribution in [3.05, 3.63) is 48.5 Å². The molecule has 2 N–H and O–H groups in total. The smallest absolute Gasteiger partial charge is 0.326 e. The monoisotopic (exact) mass is 360 g/mol. The summed E-state index contributed by atoms with van der Waals surface area (Å²) in [6, 6.07) is 13.5. The Kier molecular flexibility index (Phi) is 5.69. The van der Waals surface area contributed by atoms with Crippen LogP contribution in [0.5, 0.6) is 5.75 Å². The van der Waals surface area contributed by atoms with Crippen molar-refractivity contribution in [1.29, 1.82) is 0 Å². The number of halogens is 1. The van der Waals surface area contributed by atoms with E-state index in [1.165, 1.54) is 0 Å². The van der Waals surface area contributed by atoms with Crippen molar-refractivity contribution in [2.24, 2.45) is 5.92 Å². The van der Waals surface area contributed by atoms with Crippen LogP contribution < -0.4 is 0 Å². The molecule has 0 aliphatic carbocycles. The predicted molar refractivity (Wildman–Crippen MR) is 100 cm³/mol. The molecule has 5 nitrogen and oxygen atoms in total. The van der Waals surface area contributed by atoms with Crippen molar-refractivity contribution >= 4 is 29.4 Å². The molecule has 1 atom stereocenters. The Morgan fingerprint density at radius 3 is 2.36 bits per heavy atom. The van der Waals surface area contributed by atoms with E-state index in [4.69, 9.17) is 0 Å². The maximum atomic E-state index is 11.9. The molecule has 0 amide bonds. The molecule has 0 saturated carbocycles. The van der Waals surface area contributed by atoms with E-state index in [9.17, 15) is 15.0 Å². The van der Waals surface area contributed by atoms with Crippen molar-refractivity contribution in [2.45, 2.75) is 26.3 Å². The van der Waals surface area contributed by atoms with Crippen molar-refractivity contribution in [2.75, 3.05) is 0 Å². The number of nitrogens with zero attached hydrogens (tertiary/aromatic N) is 2. The number of carboxylic acid groups (broad SMARTS) is 1. The summed E-state index contributed by atoms with van der Waals surface area (Å²) >= 11 is 0. The van der Waals surface area contributed by atoms with Gasteiger partial charge in [-0.1, -0.05) is 26.0 Å². The average Bonchev–Trinajstić information content (AvgIpc) is 2.92. The number of fused-ring (bicyclic) bond motifs is 1. The molecule has 0 fully saturated rings. The number of para-hydroxylation sites is 2. The zero-order valence-electron chi connectivity index (χ0n) is 14.1. The van der Waals surface area contributed by atoms with Gasteiger partial charge in [0.15, 0.2) is 0 Å². The van der Waals surface area contributed by atoms with E-state index in [0.717, 1.165) is 16.6 Å². The summed E-state index contributed by atoms with van der Waals surface area (Å²) in [4.78, 5) is 16.6. The fraction of sp³-hybridized carbons (Fsp3) is 0.263. The molecule has 1 heterocycles. The van der Waals surface area contributed by atoms with Crippen LogP contribution in [0.2, 0.25) is 0 Å². The van der Waals surface area contributed by atoms with Crippen LogP contribution in [-0.2, 0) is 4.79 Å². The number of aromatic hydroxyl groups is 1. The van der Waals surface area contributed by atoms with Crippen molar-refractivity contribution in [3.8, 4) is 17.1 Å². The lowest BCUT2D eigenvalue weighted by Gasteiger charge is -2.20. The summed E-state index contributed by atoms with van der Waals surface area (Å²) in [5.41, 5.74) is 2.34. The molecule has 3 rings (SSSR count). The van der Waals surface area contributed by atoms with E-state index in [0.29, 0.717) is 12.2 Å². The summed E-state index contributed by atoms with van der Waals surface area (Å²) in [6.45, 7) is 4.02. The average molecular weight is 361 g/mol. The third kappa shape index (κ3) is 3.77. The van der Waals surface area contributed by atoms with E-state index >= 15 is 0 Å². The van der Waals surface area contributed by atoms with E-state index < -0.39 is 12.0 Å². The van der Waals surface area contributed by atoms with E-state index in [1.807, 2.05) is 38.1 Å². The molecule has 25 heavy (non-hydrogen) atoms. The molecule has 6 heteroatoms. The van der Waals surface area contributed by atoms with Gasteiger partial charge in [0, 0.05) is 5.56 Å². The highest BCUT2D eigenvalue weighted by atomic mass is 35.5. The summed E-state index contributed by atoms with van der Waals surface area (Å²) in [7, 11) is 0. The first-order valence-corrected chi connectivity index (χ1v) is 7.96. The van der Waals surface area contributed by atoms with Gasteiger partial charge in [-0.3, -0.25) is 0 Å². The Hall–Kier alpha value is -2.53. The Morgan fingerprint density at radius 2 is 1.76 bits per heavy atom.